The number of nitrogens with one attached hydrogen (secondary N) is 1. The van der Waals surface area contributed by atoms with Crippen LogP contribution in [0.2, 0.25) is 0 Å². The Kier molecular flexibility index (Phi) is 7.98. The molecule has 176 valence electrons. The van der Waals surface area contributed by atoms with Crippen molar-refractivity contribution in [3.8, 4) is 0 Å². The van der Waals surface area contributed by atoms with Crippen LogP contribution in [0.15, 0.2) is 35.5 Å². The van der Waals surface area contributed by atoms with Crippen molar-refractivity contribution in [1.82, 2.24) is 29.8 Å². The molecule has 4 rings (SSSR count). The van der Waals surface area contributed by atoms with Crippen LogP contribution in [0.25, 0.3) is 5.78 Å². The number of aryl methyl sites for hydroxylation is 2. The number of fused-ring (bicyclic) bond motifs is 1. The summed E-state index contributed by atoms with van der Waals surface area (Å²) in [5, 5.41) is 8.33. The van der Waals surface area contributed by atoms with Crippen LogP contribution >= 0.6 is 11.8 Å². The lowest BCUT2D eigenvalue weighted by molar-refractivity contribution is 0.0950. The van der Waals surface area contributed by atoms with Crippen molar-refractivity contribution in [2.75, 3.05) is 20.1 Å². The lowest BCUT2D eigenvalue weighted by Crippen LogP contribution is -2.36. The average Bonchev–Trinajstić information content (AvgIpc) is 3.24. The van der Waals surface area contributed by atoms with E-state index in [1.54, 1.807) is 4.52 Å². The van der Waals surface area contributed by atoms with Gasteiger partial charge in [0.25, 0.3) is 11.7 Å². The molecule has 1 aliphatic rings. The largest absolute Gasteiger partial charge is 0.352 e. The van der Waals surface area contributed by atoms with E-state index in [1.165, 1.54) is 43.9 Å². The number of nitrogens with zero attached hydrogens (tertiary/aromatic N) is 5. The van der Waals surface area contributed by atoms with Crippen LogP contribution in [0.4, 0.5) is 0 Å². The molecule has 0 aliphatic heterocycles. The minimum Gasteiger partial charge on any atom is -0.352 e. The van der Waals surface area contributed by atoms with E-state index < -0.39 is 0 Å². The minimum atomic E-state index is -0.0115. The van der Waals surface area contributed by atoms with E-state index >= 15 is 0 Å². The van der Waals surface area contributed by atoms with Crippen LogP contribution in [-0.4, -0.2) is 56.6 Å². The van der Waals surface area contributed by atoms with Gasteiger partial charge in [0.1, 0.15) is 0 Å². The SMILES string of the molecule is Cc1cc(C)n2nc(SCc3ccccc3C(=O)NCCCN(C)C3CCCCC3)nc2n1. The molecule has 1 N–H and O–H groups in total. The molecule has 1 saturated carbocycles. The summed E-state index contributed by atoms with van der Waals surface area (Å²) >= 11 is 1.52. The van der Waals surface area contributed by atoms with Gasteiger partial charge in [0.2, 0.25) is 5.16 Å². The number of rotatable bonds is 9. The topological polar surface area (TPSA) is 75.4 Å². The molecule has 1 fully saturated rings. The summed E-state index contributed by atoms with van der Waals surface area (Å²) in [4.78, 5) is 24.3. The normalized spacial score (nSPS) is 14.8. The zero-order valence-corrected chi connectivity index (χ0v) is 20.7. The third-order valence-corrected chi connectivity index (χ3v) is 7.28. The predicted octanol–water partition coefficient (Wildman–Crippen LogP) is 4.42. The number of hydrogen-bond acceptors (Lipinski definition) is 6. The highest BCUT2D eigenvalue weighted by atomic mass is 32.2. The van der Waals surface area contributed by atoms with E-state index in [0.717, 1.165) is 35.5 Å². The maximum absolute atomic E-state index is 12.9. The monoisotopic (exact) mass is 466 g/mol. The first-order valence-electron chi connectivity index (χ1n) is 11.9. The second-order valence-electron chi connectivity index (χ2n) is 8.97. The minimum absolute atomic E-state index is 0.0115. The van der Waals surface area contributed by atoms with Gasteiger partial charge in [0, 0.05) is 35.3 Å². The number of benzene rings is 1. The lowest BCUT2D eigenvalue weighted by Gasteiger charge is -2.31. The molecule has 8 heteroatoms. The highest BCUT2D eigenvalue weighted by Gasteiger charge is 2.18. The summed E-state index contributed by atoms with van der Waals surface area (Å²) in [6.45, 7) is 5.67. The number of amides is 1. The molecule has 2 heterocycles. The van der Waals surface area contributed by atoms with E-state index in [1.807, 2.05) is 44.2 Å². The first kappa shape index (κ1) is 23.7. The van der Waals surface area contributed by atoms with Crippen molar-refractivity contribution >= 4 is 23.4 Å². The van der Waals surface area contributed by atoms with Crippen LogP contribution in [0, 0.1) is 13.8 Å². The van der Waals surface area contributed by atoms with Gasteiger partial charge in [-0.25, -0.2) is 9.50 Å². The maximum Gasteiger partial charge on any atom is 0.253 e. The van der Waals surface area contributed by atoms with Crippen molar-refractivity contribution in [3.05, 3.63) is 52.8 Å². The van der Waals surface area contributed by atoms with Crippen molar-refractivity contribution in [1.29, 1.82) is 0 Å². The van der Waals surface area contributed by atoms with Crippen molar-refractivity contribution in [2.45, 2.75) is 69.3 Å². The summed E-state index contributed by atoms with van der Waals surface area (Å²) in [5.41, 5.74) is 3.64. The molecular weight excluding hydrogens is 432 g/mol. The second kappa shape index (κ2) is 11.1. The number of hydrogen-bond donors (Lipinski definition) is 1. The Morgan fingerprint density at radius 1 is 1.18 bits per heavy atom. The Balaban J connectivity index is 1.30. The van der Waals surface area contributed by atoms with Gasteiger partial charge in [-0.3, -0.25) is 4.79 Å². The molecule has 0 radical (unpaired) electrons. The fourth-order valence-electron chi connectivity index (χ4n) is 4.55. The van der Waals surface area contributed by atoms with Gasteiger partial charge in [0.05, 0.1) is 0 Å². The van der Waals surface area contributed by atoms with Crippen LogP contribution in [-0.2, 0) is 5.75 Å². The first-order valence-corrected chi connectivity index (χ1v) is 12.9. The standard InChI is InChI=1S/C25H34N6OS/c1-18-16-19(2)31-24(27-18)28-25(29-31)33-17-20-10-7-8-13-22(20)23(32)26-14-9-15-30(3)21-11-5-4-6-12-21/h7-8,10,13,16,21H,4-6,9,11-12,14-15,17H2,1-3H3,(H,26,32). The van der Waals surface area contributed by atoms with E-state index in [0.29, 0.717) is 29.3 Å². The van der Waals surface area contributed by atoms with Gasteiger partial charge >= 0.3 is 0 Å². The fraction of sp³-hybridized carbons (Fsp3) is 0.520. The molecular formula is C25H34N6OS. The van der Waals surface area contributed by atoms with E-state index in [2.05, 4.69) is 32.3 Å². The van der Waals surface area contributed by atoms with E-state index in [4.69, 9.17) is 0 Å². The van der Waals surface area contributed by atoms with Crippen molar-refractivity contribution in [2.24, 2.45) is 0 Å². The Morgan fingerprint density at radius 3 is 2.79 bits per heavy atom. The molecule has 2 aromatic heterocycles. The van der Waals surface area contributed by atoms with Gasteiger partial charge in [-0.1, -0.05) is 49.2 Å². The summed E-state index contributed by atoms with van der Waals surface area (Å²) in [6.07, 6.45) is 7.66. The zero-order chi connectivity index (χ0) is 23.2. The molecule has 0 unspecified atom stereocenters. The molecule has 0 bridgehead atoms. The summed E-state index contributed by atoms with van der Waals surface area (Å²) < 4.78 is 1.76. The predicted molar refractivity (Wildman–Crippen MR) is 133 cm³/mol. The Hall–Kier alpha value is -2.45. The smallest absolute Gasteiger partial charge is 0.253 e. The molecule has 0 spiro atoms. The van der Waals surface area contributed by atoms with E-state index in [-0.39, 0.29) is 5.91 Å². The molecule has 3 aromatic rings. The van der Waals surface area contributed by atoms with E-state index in [9.17, 15) is 4.79 Å². The van der Waals surface area contributed by atoms with Gasteiger partial charge in [0.15, 0.2) is 0 Å². The average molecular weight is 467 g/mol. The number of thioether (sulfide) groups is 1. The summed E-state index contributed by atoms with van der Waals surface area (Å²) in [5.74, 6) is 1.23. The van der Waals surface area contributed by atoms with Crippen LogP contribution in [0.1, 0.15) is 65.8 Å². The molecule has 33 heavy (non-hydrogen) atoms. The van der Waals surface area contributed by atoms with Gasteiger partial charge in [-0.15, -0.1) is 5.10 Å². The fourth-order valence-corrected chi connectivity index (χ4v) is 5.37. The highest BCUT2D eigenvalue weighted by molar-refractivity contribution is 7.98. The first-order chi connectivity index (χ1) is 16.0. The van der Waals surface area contributed by atoms with Crippen LogP contribution in [0.5, 0.6) is 0 Å². The highest BCUT2D eigenvalue weighted by Crippen LogP contribution is 2.23. The quantitative estimate of drug-likeness (QED) is 0.372. The third kappa shape index (κ3) is 6.12. The lowest BCUT2D eigenvalue weighted by atomic mass is 9.94. The molecule has 1 aromatic carbocycles. The number of carbonyl (C=O) groups excluding carboxylic acids is 1. The molecule has 0 atom stereocenters. The van der Waals surface area contributed by atoms with Crippen LogP contribution in [0.3, 0.4) is 0 Å². The second-order valence-corrected chi connectivity index (χ2v) is 9.92. The van der Waals surface area contributed by atoms with Crippen LogP contribution < -0.4 is 5.32 Å². The molecule has 7 nitrogen and oxygen atoms in total. The maximum atomic E-state index is 12.9. The van der Waals surface area contributed by atoms with Crippen molar-refractivity contribution < 1.29 is 4.79 Å². The Labute approximate surface area is 200 Å². The molecule has 0 saturated heterocycles. The zero-order valence-electron chi connectivity index (χ0n) is 19.9. The number of carbonyl (C=O) groups is 1. The summed E-state index contributed by atoms with van der Waals surface area (Å²) in [7, 11) is 2.22. The molecule has 1 aliphatic carbocycles. The Bertz CT molecular complexity index is 1090. The third-order valence-electron chi connectivity index (χ3n) is 6.39. The Morgan fingerprint density at radius 2 is 1.97 bits per heavy atom. The molecule has 1 amide bonds. The van der Waals surface area contributed by atoms with Crippen molar-refractivity contribution in [3.63, 3.8) is 0 Å². The summed E-state index contributed by atoms with van der Waals surface area (Å²) in [6, 6.07) is 10.5. The van der Waals surface area contributed by atoms with Gasteiger partial charge < -0.3 is 10.2 Å². The van der Waals surface area contributed by atoms with Gasteiger partial charge in [-0.05, 0) is 64.4 Å². The van der Waals surface area contributed by atoms with Gasteiger partial charge in [-0.2, -0.15) is 4.98 Å². The number of aromatic nitrogens is 4.